The monoisotopic (exact) mass is 185 g/mol. The maximum atomic E-state index is 5.37. The molecule has 0 aromatic rings. The smallest absolute Gasteiger partial charge is 0.0533 e. The second kappa shape index (κ2) is 4.97. The van der Waals surface area contributed by atoms with Gasteiger partial charge in [0.15, 0.2) is 0 Å². The molecular weight excluding hydrogens is 162 g/mol. The first-order chi connectivity index (χ1) is 6.29. The summed E-state index contributed by atoms with van der Waals surface area (Å²) in [6, 6.07) is 0. The number of methoxy groups -OCH3 is 1. The van der Waals surface area contributed by atoms with Gasteiger partial charge >= 0.3 is 0 Å². The van der Waals surface area contributed by atoms with E-state index >= 15 is 0 Å². The van der Waals surface area contributed by atoms with Gasteiger partial charge in [-0.25, -0.2) is 0 Å². The van der Waals surface area contributed by atoms with Gasteiger partial charge in [0, 0.05) is 19.1 Å². The van der Waals surface area contributed by atoms with E-state index in [2.05, 4.69) is 12.2 Å². The van der Waals surface area contributed by atoms with Crippen molar-refractivity contribution in [2.45, 2.75) is 32.6 Å². The van der Waals surface area contributed by atoms with Crippen LogP contribution in [0, 0.1) is 11.3 Å². The van der Waals surface area contributed by atoms with Gasteiger partial charge in [-0.1, -0.05) is 13.3 Å². The summed E-state index contributed by atoms with van der Waals surface area (Å²) in [5.41, 5.74) is 0.429. The first-order valence-electron chi connectivity index (χ1n) is 5.42. The zero-order valence-corrected chi connectivity index (χ0v) is 9.23. The van der Waals surface area contributed by atoms with Crippen molar-refractivity contribution >= 4 is 0 Å². The van der Waals surface area contributed by atoms with Crippen molar-refractivity contribution in [1.82, 2.24) is 5.32 Å². The van der Waals surface area contributed by atoms with E-state index in [0.717, 1.165) is 19.1 Å². The molecule has 2 heteroatoms. The van der Waals surface area contributed by atoms with Crippen LogP contribution >= 0.6 is 0 Å². The van der Waals surface area contributed by atoms with Crippen molar-refractivity contribution in [3.63, 3.8) is 0 Å². The summed E-state index contributed by atoms with van der Waals surface area (Å²) in [5, 5.41) is 3.32. The second-order valence-corrected chi connectivity index (χ2v) is 4.35. The predicted molar refractivity (Wildman–Crippen MR) is 55.9 cm³/mol. The lowest BCUT2D eigenvalue weighted by molar-refractivity contribution is 0.0547. The summed E-state index contributed by atoms with van der Waals surface area (Å²) in [6.07, 6.45) is 5.38. The Kier molecular flexibility index (Phi) is 4.20. The van der Waals surface area contributed by atoms with Gasteiger partial charge in [0.1, 0.15) is 0 Å². The van der Waals surface area contributed by atoms with Gasteiger partial charge in [0.25, 0.3) is 0 Å². The Balaban J connectivity index is 2.54. The quantitative estimate of drug-likeness (QED) is 0.655. The molecule has 0 radical (unpaired) electrons. The Hall–Kier alpha value is -0.0800. The summed E-state index contributed by atoms with van der Waals surface area (Å²) >= 11 is 0. The van der Waals surface area contributed by atoms with E-state index in [4.69, 9.17) is 4.74 Å². The van der Waals surface area contributed by atoms with E-state index < -0.39 is 0 Å². The number of rotatable bonds is 7. The Bertz CT molecular complexity index is 126. The highest BCUT2D eigenvalue weighted by Gasteiger charge is 2.43. The molecule has 2 nitrogen and oxygen atoms in total. The number of hydrogen-bond acceptors (Lipinski definition) is 2. The van der Waals surface area contributed by atoms with E-state index in [1.807, 2.05) is 14.2 Å². The lowest BCUT2D eigenvalue weighted by Crippen LogP contribution is -2.38. The van der Waals surface area contributed by atoms with Crippen LogP contribution in [0.3, 0.4) is 0 Å². The third kappa shape index (κ3) is 2.68. The molecule has 0 aromatic carbocycles. The topological polar surface area (TPSA) is 21.3 Å². The van der Waals surface area contributed by atoms with Crippen molar-refractivity contribution in [2.75, 3.05) is 27.3 Å². The van der Waals surface area contributed by atoms with Gasteiger partial charge in [0.2, 0.25) is 0 Å². The molecular formula is C11H23NO. The number of hydrogen-bond donors (Lipinski definition) is 1. The van der Waals surface area contributed by atoms with Crippen molar-refractivity contribution in [3.05, 3.63) is 0 Å². The van der Waals surface area contributed by atoms with Crippen LogP contribution in [0.5, 0.6) is 0 Å². The van der Waals surface area contributed by atoms with Crippen LogP contribution in [-0.2, 0) is 4.74 Å². The fourth-order valence-electron chi connectivity index (χ4n) is 2.51. The van der Waals surface area contributed by atoms with Crippen LogP contribution < -0.4 is 5.32 Å². The molecule has 1 aliphatic rings. The van der Waals surface area contributed by atoms with Crippen LogP contribution in [0.1, 0.15) is 32.6 Å². The molecule has 1 aliphatic carbocycles. The first kappa shape index (κ1) is 11.0. The summed E-state index contributed by atoms with van der Waals surface area (Å²) in [7, 11) is 3.87. The summed E-state index contributed by atoms with van der Waals surface area (Å²) in [4.78, 5) is 0. The highest BCUT2D eigenvalue weighted by Crippen LogP contribution is 2.48. The molecule has 0 spiro atoms. The summed E-state index contributed by atoms with van der Waals surface area (Å²) < 4.78 is 5.37. The van der Waals surface area contributed by atoms with Gasteiger partial charge in [-0.15, -0.1) is 0 Å². The Morgan fingerprint density at radius 1 is 1.46 bits per heavy atom. The minimum Gasteiger partial charge on any atom is -0.384 e. The Morgan fingerprint density at radius 2 is 2.15 bits per heavy atom. The third-order valence-electron chi connectivity index (χ3n) is 3.15. The molecule has 13 heavy (non-hydrogen) atoms. The fourth-order valence-corrected chi connectivity index (χ4v) is 2.51. The van der Waals surface area contributed by atoms with E-state index in [1.54, 1.807) is 0 Å². The van der Waals surface area contributed by atoms with Crippen molar-refractivity contribution in [1.29, 1.82) is 0 Å². The van der Waals surface area contributed by atoms with Gasteiger partial charge < -0.3 is 10.1 Å². The van der Waals surface area contributed by atoms with Crippen molar-refractivity contribution in [2.24, 2.45) is 11.3 Å². The van der Waals surface area contributed by atoms with Crippen LogP contribution in [0.4, 0.5) is 0 Å². The molecule has 1 saturated carbocycles. The lowest BCUT2D eigenvalue weighted by Gasteiger charge is -2.33. The van der Waals surface area contributed by atoms with Crippen LogP contribution in [0.2, 0.25) is 0 Å². The maximum absolute atomic E-state index is 5.37. The summed E-state index contributed by atoms with van der Waals surface area (Å²) in [6.45, 7) is 4.30. The van der Waals surface area contributed by atoms with Crippen LogP contribution in [0.25, 0.3) is 0 Å². The van der Waals surface area contributed by atoms with Gasteiger partial charge in [-0.3, -0.25) is 0 Å². The highest BCUT2D eigenvalue weighted by molar-refractivity contribution is 4.95. The van der Waals surface area contributed by atoms with Gasteiger partial charge in [0.05, 0.1) is 6.61 Å². The van der Waals surface area contributed by atoms with Crippen LogP contribution in [-0.4, -0.2) is 27.3 Å². The van der Waals surface area contributed by atoms with E-state index in [9.17, 15) is 0 Å². The van der Waals surface area contributed by atoms with Crippen molar-refractivity contribution in [3.8, 4) is 0 Å². The zero-order valence-electron chi connectivity index (χ0n) is 9.23. The van der Waals surface area contributed by atoms with Crippen molar-refractivity contribution < 1.29 is 4.74 Å². The standard InChI is InChI=1S/C11H23NO/c1-4-7-11(8-12-2,9-13-3)10-5-6-10/h10,12H,4-9H2,1-3H3. The molecule has 0 bridgehead atoms. The third-order valence-corrected chi connectivity index (χ3v) is 3.15. The second-order valence-electron chi connectivity index (χ2n) is 4.35. The number of ether oxygens (including phenoxy) is 1. The van der Waals surface area contributed by atoms with Crippen LogP contribution in [0.15, 0.2) is 0 Å². The predicted octanol–water partition coefficient (Wildman–Crippen LogP) is 2.05. The van der Waals surface area contributed by atoms with Gasteiger partial charge in [-0.05, 0) is 32.2 Å². The minimum absolute atomic E-state index is 0.429. The highest BCUT2D eigenvalue weighted by atomic mass is 16.5. The molecule has 78 valence electrons. The molecule has 1 N–H and O–H groups in total. The van der Waals surface area contributed by atoms with E-state index in [0.29, 0.717) is 5.41 Å². The molecule has 1 fully saturated rings. The molecule has 0 heterocycles. The molecule has 1 rings (SSSR count). The molecule has 0 aromatic heterocycles. The molecule has 0 saturated heterocycles. The van der Waals surface area contributed by atoms with Gasteiger partial charge in [-0.2, -0.15) is 0 Å². The van der Waals surface area contributed by atoms with E-state index in [1.165, 1.54) is 25.7 Å². The lowest BCUT2D eigenvalue weighted by atomic mass is 9.79. The number of nitrogens with one attached hydrogen (secondary N) is 1. The SMILES string of the molecule is CCCC(CNC)(COC)C1CC1. The first-order valence-corrected chi connectivity index (χ1v) is 5.42. The molecule has 0 aliphatic heterocycles. The average Bonchev–Trinajstić information content (AvgIpc) is 2.87. The zero-order chi connectivity index (χ0) is 9.73. The van der Waals surface area contributed by atoms with E-state index in [-0.39, 0.29) is 0 Å². The molecule has 1 unspecified atom stereocenters. The Labute approximate surface area is 82.0 Å². The maximum Gasteiger partial charge on any atom is 0.0533 e. The molecule has 0 amide bonds. The fraction of sp³-hybridized carbons (Fsp3) is 1.00. The average molecular weight is 185 g/mol. The normalized spacial score (nSPS) is 21.5. The molecule has 1 atom stereocenters. The minimum atomic E-state index is 0.429. The summed E-state index contributed by atoms with van der Waals surface area (Å²) in [5.74, 6) is 0.917. The Morgan fingerprint density at radius 3 is 2.54 bits per heavy atom. The largest absolute Gasteiger partial charge is 0.384 e.